The molecule has 66 heavy (non-hydrogen) atoms. The molecule has 0 radical (unpaired) electrons. The molecular weight excluding hydrogens is 821 g/mol. The van der Waals surface area contributed by atoms with Crippen molar-refractivity contribution in [1.82, 2.24) is 0 Å². The fourth-order valence-electron chi connectivity index (χ4n) is 14.4. The normalized spacial score (nSPS) is 36.3. The van der Waals surface area contributed by atoms with E-state index in [1.807, 2.05) is 41.5 Å². The molecule has 0 aromatic rings. The molecular formula is C59H98O7. The SMILES string of the molecule is C=C1/C(=C\C=C2/CCC[C@@]3(C)C2CC[C@@H]3C(CCCC(C)(C)O)CCCC(C)(C)O)C[C@@H](O)C[C@@H]1O.C=C1/C(=C\C=C2/CCC[C@@]3(C)C2CC[C@@H]3[C@H](C)CCCC(C)(C)O)C[C@@H](O)C[C@@H]1O. The van der Waals surface area contributed by atoms with Gasteiger partial charge in [-0.05, 0) is 206 Å². The minimum Gasteiger partial charge on any atom is -0.393 e. The van der Waals surface area contributed by atoms with Crippen LogP contribution in [-0.2, 0) is 0 Å². The number of hydrogen-bond donors (Lipinski definition) is 7. The first kappa shape index (κ1) is 55.1. The van der Waals surface area contributed by atoms with Gasteiger partial charge in [0.15, 0.2) is 0 Å². The van der Waals surface area contributed by atoms with Crippen molar-refractivity contribution in [3.05, 3.63) is 70.9 Å². The fraction of sp³-hybridized carbons (Fsp3) is 0.797. The zero-order valence-corrected chi connectivity index (χ0v) is 43.4. The van der Waals surface area contributed by atoms with E-state index in [1.165, 1.54) is 69.8 Å². The molecule has 2 unspecified atom stereocenters. The Morgan fingerprint density at radius 3 is 1.36 bits per heavy atom. The minimum atomic E-state index is -0.639. The van der Waals surface area contributed by atoms with Crippen LogP contribution in [0.3, 0.4) is 0 Å². The summed E-state index contributed by atoms with van der Waals surface area (Å²) in [6.45, 7) is 27.1. The summed E-state index contributed by atoms with van der Waals surface area (Å²) in [5.41, 5.74) is 5.52. The molecule has 6 saturated carbocycles. The van der Waals surface area contributed by atoms with Gasteiger partial charge in [0.05, 0.1) is 41.2 Å². The Kier molecular flexibility index (Phi) is 19.1. The van der Waals surface area contributed by atoms with Crippen LogP contribution in [0.5, 0.6) is 0 Å². The first-order chi connectivity index (χ1) is 30.7. The summed E-state index contributed by atoms with van der Waals surface area (Å²) in [7, 11) is 0. The zero-order chi connectivity index (χ0) is 48.8. The predicted octanol–water partition coefficient (Wildman–Crippen LogP) is 12.3. The molecule has 6 aliphatic rings. The molecule has 0 bridgehead atoms. The molecule has 0 aromatic carbocycles. The van der Waals surface area contributed by atoms with Crippen LogP contribution in [0.1, 0.15) is 210 Å². The van der Waals surface area contributed by atoms with Gasteiger partial charge < -0.3 is 35.7 Å². The summed E-state index contributed by atoms with van der Waals surface area (Å²) < 4.78 is 0. The van der Waals surface area contributed by atoms with Crippen LogP contribution < -0.4 is 0 Å². The van der Waals surface area contributed by atoms with Crippen molar-refractivity contribution in [3.8, 4) is 0 Å². The van der Waals surface area contributed by atoms with E-state index in [9.17, 15) is 35.7 Å². The van der Waals surface area contributed by atoms with Crippen LogP contribution in [0.25, 0.3) is 0 Å². The molecule has 0 aromatic heterocycles. The number of rotatable bonds is 16. The van der Waals surface area contributed by atoms with Gasteiger partial charge in [-0.1, -0.05) is 108 Å². The van der Waals surface area contributed by atoms with Gasteiger partial charge in [0, 0.05) is 12.8 Å². The Labute approximate surface area is 402 Å². The second-order valence-electron chi connectivity index (χ2n) is 25.2. The molecule has 7 nitrogen and oxygen atoms in total. The average Bonchev–Trinajstić information content (AvgIpc) is 3.75. The van der Waals surface area contributed by atoms with E-state index in [0.29, 0.717) is 66.1 Å². The molecule has 7 heteroatoms. The van der Waals surface area contributed by atoms with Crippen molar-refractivity contribution in [2.45, 2.75) is 251 Å². The molecule has 11 atom stereocenters. The van der Waals surface area contributed by atoms with Crippen molar-refractivity contribution in [2.75, 3.05) is 0 Å². The summed E-state index contributed by atoms with van der Waals surface area (Å²) in [5.74, 6) is 4.00. The van der Waals surface area contributed by atoms with E-state index in [1.54, 1.807) is 5.57 Å². The number of allylic oxidation sites excluding steroid dienone is 6. The monoisotopic (exact) mass is 919 g/mol. The third-order valence-corrected chi connectivity index (χ3v) is 18.0. The van der Waals surface area contributed by atoms with Crippen molar-refractivity contribution in [1.29, 1.82) is 0 Å². The van der Waals surface area contributed by atoms with Gasteiger partial charge in [0.25, 0.3) is 0 Å². The molecule has 6 aliphatic carbocycles. The molecule has 0 spiro atoms. The van der Waals surface area contributed by atoms with Crippen LogP contribution in [0.4, 0.5) is 0 Å². The minimum absolute atomic E-state index is 0.291. The molecule has 0 amide bonds. The standard InChI is InChI=1S/C32H54O4.C27H44O3/c1-22-25(20-26(33)21-29(22)34)14-13-24-12-9-19-32(6)27(15-16-28(24)32)23(10-7-17-30(2,3)35)11-8-18-31(4,5)36;1-18(8-6-14-26(3,4)30)23-12-13-24-20(9-7-15-27(23,24)5)10-11-21-16-22(28)17-25(29)19(21)2/h13-14,23,26-29,33-36H,1,7-12,15-21H2,2-6H3;10-11,18,22-25,28-30H,2,6-9,12-17H2,1,3-5H3/b24-13+,25-14-;20-10+,21-11-/t26-,27-,28?,29+,32-;18-,22-,23-,24?,25+,27-/m11/s1. The smallest absolute Gasteiger partial charge is 0.0811 e. The summed E-state index contributed by atoms with van der Waals surface area (Å²) in [4.78, 5) is 0. The predicted molar refractivity (Wildman–Crippen MR) is 273 cm³/mol. The third kappa shape index (κ3) is 14.8. The maximum absolute atomic E-state index is 10.3. The molecule has 6 rings (SSSR count). The number of hydrogen-bond acceptors (Lipinski definition) is 7. The van der Waals surface area contributed by atoms with Gasteiger partial charge in [-0.3, -0.25) is 0 Å². The van der Waals surface area contributed by atoms with Crippen molar-refractivity contribution in [2.24, 2.45) is 46.3 Å². The Bertz CT molecular complexity index is 1730. The second kappa shape index (κ2) is 22.9. The molecule has 0 aliphatic heterocycles. The van der Waals surface area contributed by atoms with E-state index in [4.69, 9.17) is 0 Å². The lowest BCUT2D eigenvalue weighted by atomic mass is 9.60. The Balaban J connectivity index is 0.000000251. The number of aliphatic hydroxyl groups excluding tert-OH is 4. The van der Waals surface area contributed by atoms with Gasteiger partial charge in [0.2, 0.25) is 0 Å². The molecule has 6 fully saturated rings. The van der Waals surface area contributed by atoms with E-state index < -0.39 is 41.2 Å². The second-order valence-corrected chi connectivity index (χ2v) is 25.2. The van der Waals surface area contributed by atoms with Gasteiger partial charge in [0.1, 0.15) is 0 Å². The van der Waals surface area contributed by atoms with Crippen molar-refractivity contribution in [3.63, 3.8) is 0 Å². The lowest BCUT2D eigenvalue weighted by molar-refractivity contribution is 0.0479. The maximum Gasteiger partial charge on any atom is 0.0811 e. The summed E-state index contributed by atoms with van der Waals surface area (Å²) in [5, 5.41) is 71.1. The van der Waals surface area contributed by atoms with E-state index in [0.717, 1.165) is 86.0 Å². The molecule has 376 valence electrons. The van der Waals surface area contributed by atoms with Crippen LogP contribution >= 0.6 is 0 Å². The highest BCUT2D eigenvalue weighted by molar-refractivity contribution is 5.40. The van der Waals surface area contributed by atoms with E-state index in [2.05, 4.69) is 58.2 Å². The summed E-state index contributed by atoms with van der Waals surface area (Å²) in [6.07, 6.45) is 30.3. The quantitative estimate of drug-likeness (QED) is 0.0817. The van der Waals surface area contributed by atoms with E-state index in [-0.39, 0.29) is 0 Å². The highest BCUT2D eigenvalue weighted by Gasteiger charge is 2.52. The molecule has 0 saturated heterocycles. The van der Waals surface area contributed by atoms with Crippen LogP contribution in [0.2, 0.25) is 0 Å². The first-order valence-electron chi connectivity index (χ1n) is 26.8. The Morgan fingerprint density at radius 1 is 0.576 bits per heavy atom. The average molecular weight is 919 g/mol. The van der Waals surface area contributed by atoms with Gasteiger partial charge in [-0.25, -0.2) is 0 Å². The molecule has 7 N–H and O–H groups in total. The largest absolute Gasteiger partial charge is 0.393 e. The Morgan fingerprint density at radius 2 is 0.955 bits per heavy atom. The lowest BCUT2D eigenvalue weighted by Gasteiger charge is -2.45. The summed E-state index contributed by atoms with van der Waals surface area (Å²) in [6, 6.07) is 0. The van der Waals surface area contributed by atoms with Crippen LogP contribution in [-0.4, -0.2) is 77.0 Å². The zero-order valence-electron chi connectivity index (χ0n) is 43.4. The van der Waals surface area contributed by atoms with E-state index >= 15 is 0 Å². The van der Waals surface area contributed by atoms with Crippen molar-refractivity contribution < 1.29 is 35.7 Å². The topological polar surface area (TPSA) is 142 Å². The van der Waals surface area contributed by atoms with Crippen LogP contribution in [0, 0.1) is 46.3 Å². The molecule has 0 heterocycles. The van der Waals surface area contributed by atoms with Gasteiger partial charge in [-0.15, -0.1) is 0 Å². The highest BCUT2D eigenvalue weighted by Crippen LogP contribution is 2.62. The number of fused-ring (bicyclic) bond motifs is 2. The third-order valence-electron chi connectivity index (χ3n) is 18.0. The highest BCUT2D eigenvalue weighted by atomic mass is 16.3. The number of aliphatic hydroxyl groups is 7. The first-order valence-corrected chi connectivity index (χ1v) is 26.8. The van der Waals surface area contributed by atoms with Crippen molar-refractivity contribution >= 4 is 0 Å². The maximum atomic E-state index is 10.3. The lowest BCUT2D eigenvalue weighted by Crippen LogP contribution is -2.37. The Hall–Kier alpha value is -1.84. The van der Waals surface area contributed by atoms with Gasteiger partial charge >= 0.3 is 0 Å². The summed E-state index contributed by atoms with van der Waals surface area (Å²) >= 11 is 0. The fourth-order valence-corrected chi connectivity index (χ4v) is 14.4. The van der Waals surface area contributed by atoms with Crippen LogP contribution in [0.15, 0.2) is 70.9 Å². The van der Waals surface area contributed by atoms with Gasteiger partial charge in [-0.2, -0.15) is 0 Å².